The average Bonchev–Trinajstić information content (AvgIpc) is 2.71. The van der Waals surface area contributed by atoms with Crippen molar-refractivity contribution >= 4 is 58.5 Å². The van der Waals surface area contributed by atoms with E-state index in [1.807, 2.05) is 24.3 Å². The highest BCUT2D eigenvalue weighted by Crippen LogP contribution is 2.17. The Hall–Kier alpha value is -3.34. The maximum absolute atomic E-state index is 12.2. The number of anilines is 2. The molecular formula is C24H18Cl2N2O2. The summed E-state index contributed by atoms with van der Waals surface area (Å²) >= 11 is 11.9. The second-order valence-corrected chi connectivity index (χ2v) is 7.21. The first-order valence-corrected chi connectivity index (χ1v) is 9.83. The van der Waals surface area contributed by atoms with Crippen LogP contribution in [0.2, 0.25) is 10.0 Å². The molecule has 0 unspecified atom stereocenters. The van der Waals surface area contributed by atoms with E-state index in [4.69, 9.17) is 23.2 Å². The molecule has 6 heteroatoms. The van der Waals surface area contributed by atoms with Gasteiger partial charge < -0.3 is 10.6 Å². The third kappa shape index (κ3) is 6.92. The Labute approximate surface area is 184 Å². The number of carbonyl (C=O) groups excluding carboxylic acids is 2. The number of carbonyl (C=O) groups is 2. The Morgan fingerprint density at radius 3 is 1.50 bits per heavy atom. The summed E-state index contributed by atoms with van der Waals surface area (Å²) < 4.78 is 0. The van der Waals surface area contributed by atoms with E-state index < -0.39 is 0 Å². The van der Waals surface area contributed by atoms with Crippen molar-refractivity contribution in [2.45, 2.75) is 0 Å². The van der Waals surface area contributed by atoms with Gasteiger partial charge in [0, 0.05) is 33.6 Å². The summed E-state index contributed by atoms with van der Waals surface area (Å²) in [7, 11) is 0. The van der Waals surface area contributed by atoms with Crippen molar-refractivity contribution in [1.29, 1.82) is 0 Å². The smallest absolute Gasteiger partial charge is 0.248 e. The molecule has 0 aliphatic heterocycles. The molecule has 0 bridgehead atoms. The summed E-state index contributed by atoms with van der Waals surface area (Å²) in [5.74, 6) is -0.585. The van der Waals surface area contributed by atoms with Gasteiger partial charge in [-0.3, -0.25) is 9.59 Å². The van der Waals surface area contributed by atoms with Crippen LogP contribution in [0.5, 0.6) is 0 Å². The van der Waals surface area contributed by atoms with E-state index in [0.29, 0.717) is 21.4 Å². The molecule has 3 aromatic carbocycles. The van der Waals surface area contributed by atoms with Gasteiger partial charge in [-0.2, -0.15) is 0 Å². The molecule has 4 nitrogen and oxygen atoms in total. The maximum atomic E-state index is 12.2. The van der Waals surface area contributed by atoms with Gasteiger partial charge >= 0.3 is 0 Å². The number of hydrogen-bond donors (Lipinski definition) is 2. The summed E-state index contributed by atoms with van der Waals surface area (Å²) in [6.07, 6.45) is 6.19. The van der Waals surface area contributed by atoms with E-state index in [1.165, 1.54) is 12.2 Å². The van der Waals surface area contributed by atoms with Crippen LogP contribution in [0.4, 0.5) is 11.4 Å². The van der Waals surface area contributed by atoms with Crippen LogP contribution in [0.15, 0.2) is 84.9 Å². The Balaban J connectivity index is 1.58. The number of halogens is 2. The van der Waals surface area contributed by atoms with Gasteiger partial charge in [0.1, 0.15) is 0 Å². The summed E-state index contributed by atoms with van der Waals surface area (Å²) in [4.78, 5) is 24.3. The van der Waals surface area contributed by atoms with Crippen LogP contribution in [0.3, 0.4) is 0 Å². The van der Waals surface area contributed by atoms with E-state index >= 15 is 0 Å². The maximum Gasteiger partial charge on any atom is 0.248 e. The first-order valence-electron chi connectivity index (χ1n) is 9.07. The van der Waals surface area contributed by atoms with Crippen LogP contribution < -0.4 is 10.6 Å². The van der Waals surface area contributed by atoms with Crippen LogP contribution >= 0.6 is 23.2 Å². The molecule has 0 atom stereocenters. The van der Waals surface area contributed by atoms with Crippen molar-refractivity contribution in [1.82, 2.24) is 0 Å². The largest absolute Gasteiger partial charge is 0.322 e. The second-order valence-electron chi connectivity index (χ2n) is 6.34. The molecule has 30 heavy (non-hydrogen) atoms. The monoisotopic (exact) mass is 436 g/mol. The zero-order valence-electron chi connectivity index (χ0n) is 15.8. The molecule has 2 amide bonds. The van der Waals surface area contributed by atoms with E-state index in [1.54, 1.807) is 60.7 Å². The molecule has 150 valence electrons. The number of benzene rings is 3. The molecule has 0 saturated carbocycles. The first kappa shape index (κ1) is 21.4. The molecule has 2 N–H and O–H groups in total. The van der Waals surface area contributed by atoms with Gasteiger partial charge in [0.05, 0.1) is 0 Å². The zero-order valence-corrected chi connectivity index (χ0v) is 17.3. The molecule has 0 aromatic heterocycles. The fourth-order valence-corrected chi connectivity index (χ4v) is 3.00. The van der Waals surface area contributed by atoms with Crippen molar-refractivity contribution in [2.75, 3.05) is 10.6 Å². The number of nitrogens with one attached hydrogen (secondary N) is 2. The van der Waals surface area contributed by atoms with Crippen LogP contribution in [-0.4, -0.2) is 11.8 Å². The zero-order chi connectivity index (χ0) is 21.3. The number of amides is 2. The van der Waals surface area contributed by atoms with Crippen molar-refractivity contribution in [2.24, 2.45) is 0 Å². The highest BCUT2D eigenvalue weighted by Gasteiger charge is 2.02. The van der Waals surface area contributed by atoms with Crippen molar-refractivity contribution < 1.29 is 9.59 Å². The molecule has 3 aromatic rings. The van der Waals surface area contributed by atoms with Crippen LogP contribution in [0.25, 0.3) is 12.2 Å². The normalized spacial score (nSPS) is 11.0. The lowest BCUT2D eigenvalue weighted by Crippen LogP contribution is -2.10. The van der Waals surface area contributed by atoms with Crippen molar-refractivity contribution in [3.05, 3.63) is 106 Å². The fraction of sp³-hybridized carbons (Fsp3) is 0. The molecule has 3 rings (SSSR count). The quantitative estimate of drug-likeness (QED) is 0.445. The highest BCUT2D eigenvalue weighted by molar-refractivity contribution is 6.31. The first-order chi connectivity index (χ1) is 14.5. The SMILES string of the molecule is O=C(/C=C/c1cccc(Cl)c1)Nc1cccc(NC(=O)/C=C/c2cccc(Cl)c2)c1. The highest BCUT2D eigenvalue weighted by atomic mass is 35.5. The number of rotatable bonds is 6. The molecule has 0 heterocycles. The third-order valence-electron chi connectivity index (χ3n) is 3.95. The molecule has 0 spiro atoms. The Morgan fingerprint density at radius 2 is 1.07 bits per heavy atom. The summed E-state index contributed by atoms with van der Waals surface area (Å²) in [5.41, 5.74) is 2.77. The minimum Gasteiger partial charge on any atom is -0.322 e. The second kappa shape index (κ2) is 10.4. The third-order valence-corrected chi connectivity index (χ3v) is 4.42. The van der Waals surface area contributed by atoms with Crippen LogP contribution in [-0.2, 0) is 9.59 Å². The lowest BCUT2D eigenvalue weighted by Gasteiger charge is -2.06. The van der Waals surface area contributed by atoms with Gasteiger partial charge in [0.2, 0.25) is 11.8 Å². The molecule has 0 aliphatic rings. The van der Waals surface area contributed by atoms with E-state index in [0.717, 1.165) is 11.1 Å². The Bertz CT molecular complexity index is 1040. The van der Waals surface area contributed by atoms with Gasteiger partial charge in [-0.05, 0) is 65.7 Å². The standard InChI is InChI=1S/C24H18Cl2N2O2/c25-19-6-1-4-17(14-19)10-12-23(29)27-21-8-3-9-22(16-21)28-24(30)13-11-18-5-2-7-20(26)15-18/h1-16H,(H,27,29)(H,28,30)/b12-10+,13-11+. The molecule has 0 radical (unpaired) electrons. The van der Waals surface area contributed by atoms with Gasteiger partial charge in [-0.1, -0.05) is 53.5 Å². The van der Waals surface area contributed by atoms with Gasteiger partial charge in [-0.15, -0.1) is 0 Å². The van der Waals surface area contributed by atoms with Gasteiger partial charge in [0.15, 0.2) is 0 Å². The summed E-state index contributed by atoms with van der Waals surface area (Å²) in [6.45, 7) is 0. The summed E-state index contributed by atoms with van der Waals surface area (Å²) in [6, 6.07) is 21.3. The average molecular weight is 437 g/mol. The van der Waals surface area contributed by atoms with Crippen molar-refractivity contribution in [3.8, 4) is 0 Å². The van der Waals surface area contributed by atoms with E-state index in [-0.39, 0.29) is 11.8 Å². The molecule has 0 saturated heterocycles. The minimum atomic E-state index is -0.292. The lowest BCUT2D eigenvalue weighted by molar-refractivity contribution is -0.112. The van der Waals surface area contributed by atoms with Gasteiger partial charge in [0.25, 0.3) is 0 Å². The minimum absolute atomic E-state index is 0.292. The molecular weight excluding hydrogens is 419 g/mol. The number of hydrogen-bond acceptors (Lipinski definition) is 2. The van der Waals surface area contributed by atoms with Crippen LogP contribution in [0.1, 0.15) is 11.1 Å². The molecule has 0 fully saturated rings. The Morgan fingerprint density at radius 1 is 0.633 bits per heavy atom. The van der Waals surface area contributed by atoms with E-state index in [9.17, 15) is 9.59 Å². The summed E-state index contributed by atoms with van der Waals surface area (Å²) in [5, 5.41) is 6.73. The van der Waals surface area contributed by atoms with E-state index in [2.05, 4.69) is 10.6 Å². The molecule has 0 aliphatic carbocycles. The van der Waals surface area contributed by atoms with Crippen LogP contribution in [0, 0.1) is 0 Å². The Kier molecular flexibility index (Phi) is 7.44. The van der Waals surface area contributed by atoms with Crippen molar-refractivity contribution in [3.63, 3.8) is 0 Å². The predicted octanol–water partition coefficient (Wildman–Crippen LogP) is 6.30. The predicted molar refractivity (Wildman–Crippen MR) is 125 cm³/mol. The lowest BCUT2D eigenvalue weighted by atomic mass is 10.2. The fourth-order valence-electron chi connectivity index (χ4n) is 2.61. The van der Waals surface area contributed by atoms with Gasteiger partial charge in [-0.25, -0.2) is 0 Å². The topological polar surface area (TPSA) is 58.2 Å².